The number of aliphatic hydroxyl groups is 1. The van der Waals surface area contributed by atoms with Crippen molar-refractivity contribution in [3.63, 3.8) is 0 Å². The smallest absolute Gasteiger partial charge is 0.241 e. The van der Waals surface area contributed by atoms with E-state index >= 15 is 0 Å². The molecule has 108 valence electrons. The van der Waals surface area contributed by atoms with Crippen molar-refractivity contribution in [2.24, 2.45) is 0 Å². The summed E-state index contributed by atoms with van der Waals surface area (Å²) >= 11 is 0. The molecule has 0 amide bonds. The molecule has 0 aliphatic carbocycles. The molecule has 1 atom stereocenters. The van der Waals surface area contributed by atoms with Gasteiger partial charge in [0.2, 0.25) is 10.0 Å². The van der Waals surface area contributed by atoms with E-state index < -0.39 is 21.7 Å². The van der Waals surface area contributed by atoms with Crippen LogP contribution in [0.1, 0.15) is 26.3 Å². The molecule has 6 heteroatoms. The van der Waals surface area contributed by atoms with Gasteiger partial charge in [-0.15, -0.1) is 0 Å². The Bertz CT molecular complexity index is 550. The highest BCUT2D eigenvalue weighted by Gasteiger charge is 2.30. The molecule has 0 fully saturated rings. The molecule has 1 unspecified atom stereocenters. The van der Waals surface area contributed by atoms with Crippen LogP contribution in [-0.2, 0) is 10.0 Å². The van der Waals surface area contributed by atoms with Gasteiger partial charge in [0.15, 0.2) is 0 Å². The highest BCUT2D eigenvalue weighted by Crippen LogP contribution is 2.22. The van der Waals surface area contributed by atoms with Crippen LogP contribution in [0.5, 0.6) is 5.75 Å². The standard InChI is InChI=1S/C13H21NO4S/c1-9-8-11(6-7-12(9)18-5)19(16,17)14-13(3,4)10(2)15/h6-8,10,14-15H,1-5H3. The molecule has 19 heavy (non-hydrogen) atoms. The van der Waals surface area contributed by atoms with E-state index in [0.717, 1.165) is 5.56 Å². The van der Waals surface area contributed by atoms with E-state index in [1.165, 1.54) is 13.2 Å². The van der Waals surface area contributed by atoms with Crippen LogP contribution in [0.25, 0.3) is 0 Å². The fourth-order valence-electron chi connectivity index (χ4n) is 1.51. The maximum atomic E-state index is 12.2. The van der Waals surface area contributed by atoms with Crippen molar-refractivity contribution in [3.05, 3.63) is 23.8 Å². The van der Waals surface area contributed by atoms with Crippen molar-refractivity contribution in [2.75, 3.05) is 7.11 Å². The summed E-state index contributed by atoms with van der Waals surface area (Å²) in [7, 11) is -2.14. The van der Waals surface area contributed by atoms with Crippen molar-refractivity contribution in [2.45, 2.75) is 44.2 Å². The van der Waals surface area contributed by atoms with Crippen molar-refractivity contribution in [1.29, 1.82) is 0 Å². The normalized spacial score (nSPS) is 14.2. The van der Waals surface area contributed by atoms with Gasteiger partial charge in [0.1, 0.15) is 5.75 Å². The Hall–Kier alpha value is -1.11. The number of sulfonamides is 1. The Morgan fingerprint density at radius 3 is 2.37 bits per heavy atom. The Kier molecular flexibility index (Phi) is 4.60. The molecule has 0 heterocycles. The van der Waals surface area contributed by atoms with Crippen LogP contribution >= 0.6 is 0 Å². The van der Waals surface area contributed by atoms with Gasteiger partial charge in [0, 0.05) is 0 Å². The predicted octanol–water partition coefficient (Wildman–Crippen LogP) is 1.44. The van der Waals surface area contributed by atoms with Crippen molar-refractivity contribution in [3.8, 4) is 5.75 Å². The van der Waals surface area contributed by atoms with Gasteiger partial charge in [0.25, 0.3) is 0 Å². The number of methoxy groups -OCH3 is 1. The average Bonchev–Trinajstić information content (AvgIpc) is 2.27. The van der Waals surface area contributed by atoms with Crippen LogP contribution < -0.4 is 9.46 Å². The quantitative estimate of drug-likeness (QED) is 0.859. The van der Waals surface area contributed by atoms with Crippen LogP contribution in [0.15, 0.2) is 23.1 Å². The lowest BCUT2D eigenvalue weighted by Gasteiger charge is -2.29. The van der Waals surface area contributed by atoms with Crippen LogP contribution in [-0.4, -0.2) is 32.3 Å². The third kappa shape index (κ3) is 3.68. The maximum Gasteiger partial charge on any atom is 0.241 e. The molecule has 1 aromatic rings. The molecule has 0 radical (unpaired) electrons. The number of hydrogen-bond acceptors (Lipinski definition) is 4. The van der Waals surface area contributed by atoms with Gasteiger partial charge >= 0.3 is 0 Å². The highest BCUT2D eigenvalue weighted by atomic mass is 32.2. The van der Waals surface area contributed by atoms with E-state index in [2.05, 4.69) is 4.72 Å². The lowest BCUT2D eigenvalue weighted by molar-refractivity contribution is 0.111. The summed E-state index contributed by atoms with van der Waals surface area (Å²) in [5, 5.41) is 9.58. The minimum absolute atomic E-state index is 0.152. The Balaban J connectivity index is 3.11. The molecule has 1 rings (SSSR count). The number of aryl methyl sites for hydroxylation is 1. The van der Waals surface area contributed by atoms with Gasteiger partial charge in [-0.05, 0) is 51.5 Å². The van der Waals surface area contributed by atoms with E-state index in [1.54, 1.807) is 39.8 Å². The predicted molar refractivity (Wildman–Crippen MR) is 73.8 cm³/mol. The van der Waals surface area contributed by atoms with E-state index in [9.17, 15) is 13.5 Å². The molecule has 5 nitrogen and oxygen atoms in total. The van der Waals surface area contributed by atoms with Crippen molar-refractivity contribution >= 4 is 10.0 Å². The van der Waals surface area contributed by atoms with Gasteiger partial charge in [0.05, 0.1) is 23.6 Å². The number of hydrogen-bond donors (Lipinski definition) is 2. The first-order valence-electron chi connectivity index (χ1n) is 5.97. The van der Waals surface area contributed by atoms with Crippen molar-refractivity contribution in [1.82, 2.24) is 4.72 Å². The van der Waals surface area contributed by atoms with E-state index in [4.69, 9.17) is 4.74 Å². The minimum atomic E-state index is -3.68. The number of nitrogens with one attached hydrogen (secondary N) is 1. The first-order valence-corrected chi connectivity index (χ1v) is 7.45. The first-order chi connectivity index (χ1) is 8.60. The maximum absolute atomic E-state index is 12.2. The zero-order chi connectivity index (χ0) is 14.8. The second kappa shape index (κ2) is 5.48. The second-order valence-corrected chi connectivity index (χ2v) is 6.82. The number of ether oxygens (including phenoxy) is 1. The summed E-state index contributed by atoms with van der Waals surface area (Å²) in [6, 6.07) is 4.63. The topological polar surface area (TPSA) is 75.6 Å². The number of rotatable bonds is 5. The lowest BCUT2D eigenvalue weighted by atomic mass is 10.0. The molecular weight excluding hydrogens is 266 g/mol. The van der Waals surface area contributed by atoms with Gasteiger partial charge in [-0.3, -0.25) is 0 Å². The van der Waals surface area contributed by atoms with E-state index in [1.807, 2.05) is 0 Å². The third-order valence-corrected chi connectivity index (χ3v) is 4.79. The number of aliphatic hydroxyl groups excluding tert-OH is 1. The third-order valence-electron chi connectivity index (χ3n) is 3.12. The van der Waals surface area contributed by atoms with Gasteiger partial charge in [-0.1, -0.05) is 0 Å². The van der Waals surface area contributed by atoms with Crippen LogP contribution in [0.4, 0.5) is 0 Å². The minimum Gasteiger partial charge on any atom is -0.496 e. The Morgan fingerprint density at radius 2 is 1.95 bits per heavy atom. The van der Waals surface area contributed by atoms with Crippen LogP contribution in [0.2, 0.25) is 0 Å². The Morgan fingerprint density at radius 1 is 1.37 bits per heavy atom. The zero-order valence-corrected chi connectivity index (χ0v) is 12.7. The molecule has 0 saturated heterocycles. The molecule has 0 spiro atoms. The Labute approximate surface area is 114 Å². The lowest BCUT2D eigenvalue weighted by Crippen LogP contribution is -2.50. The van der Waals surface area contributed by atoms with Gasteiger partial charge < -0.3 is 9.84 Å². The zero-order valence-electron chi connectivity index (χ0n) is 11.9. The molecule has 0 aromatic heterocycles. The summed E-state index contributed by atoms with van der Waals surface area (Å²) in [6.07, 6.45) is -0.804. The fraction of sp³-hybridized carbons (Fsp3) is 0.538. The molecule has 0 aliphatic rings. The molecule has 0 saturated carbocycles. The summed E-state index contributed by atoms with van der Waals surface area (Å²) in [5.74, 6) is 0.633. The molecule has 0 bridgehead atoms. The number of benzene rings is 1. The highest BCUT2D eigenvalue weighted by molar-refractivity contribution is 7.89. The van der Waals surface area contributed by atoms with E-state index in [-0.39, 0.29) is 4.90 Å². The van der Waals surface area contributed by atoms with E-state index in [0.29, 0.717) is 5.75 Å². The molecule has 2 N–H and O–H groups in total. The second-order valence-electron chi connectivity index (χ2n) is 5.13. The summed E-state index contributed by atoms with van der Waals surface area (Å²) in [6.45, 7) is 6.58. The molecular formula is C13H21NO4S. The van der Waals surface area contributed by atoms with Gasteiger partial charge in [-0.2, -0.15) is 0 Å². The van der Waals surface area contributed by atoms with Crippen LogP contribution in [0.3, 0.4) is 0 Å². The largest absolute Gasteiger partial charge is 0.496 e. The summed E-state index contributed by atoms with van der Waals surface area (Å²) in [4.78, 5) is 0.152. The fourth-order valence-corrected chi connectivity index (χ4v) is 3.07. The summed E-state index contributed by atoms with van der Waals surface area (Å²) in [5.41, 5.74) is -0.202. The monoisotopic (exact) mass is 287 g/mol. The first kappa shape index (κ1) is 15.9. The van der Waals surface area contributed by atoms with Gasteiger partial charge in [-0.25, -0.2) is 13.1 Å². The molecule has 0 aliphatic heterocycles. The average molecular weight is 287 g/mol. The summed E-state index contributed by atoms with van der Waals surface area (Å²) < 4.78 is 32.1. The molecule has 1 aromatic carbocycles. The van der Waals surface area contributed by atoms with Crippen molar-refractivity contribution < 1.29 is 18.3 Å². The SMILES string of the molecule is COc1ccc(S(=O)(=O)NC(C)(C)C(C)O)cc1C. The van der Waals surface area contributed by atoms with Crippen LogP contribution in [0, 0.1) is 6.92 Å².